The third kappa shape index (κ3) is 4.52. The molecule has 2 heterocycles. The molecule has 0 radical (unpaired) electrons. The molecule has 27 heavy (non-hydrogen) atoms. The van der Waals surface area contributed by atoms with E-state index < -0.39 is 12.3 Å². The van der Waals surface area contributed by atoms with Crippen LogP contribution in [0.1, 0.15) is 68.7 Å². The molecule has 2 aliphatic rings. The minimum Gasteiger partial charge on any atom is -0.346 e. The van der Waals surface area contributed by atoms with E-state index >= 15 is 0 Å². The number of nitrogens with one attached hydrogen (secondary N) is 1. The van der Waals surface area contributed by atoms with Gasteiger partial charge in [0.1, 0.15) is 5.84 Å². The van der Waals surface area contributed by atoms with E-state index in [1.807, 2.05) is 0 Å². The minimum absolute atomic E-state index is 0.0162. The molecule has 0 aliphatic carbocycles. The van der Waals surface area contributed by atoms with Crippen molar-refractivity contribution < 1.29 is 13.6 Å². The first kappa shape index (κ1) is 21.8. The van der Waals surface area contributed by atoms with Crippen molar-refractivity contribution in [3.05, 3.63) is 11.3 Å². The maximum absolute atomic E-state index is 12.7. The molecule has 2 atom stereocenters. The van der Waals surface area contributed by atoms with E-state index in [1.165, 1.54) is 5.57 Å². The van der Waals surface area contributed by atoms with Gasteiger partial charge in [0.05, 0.1) is 12.1 Å². The van der Waals surface area contributed by atoms with Crippen molar-refractivity contribution >= 4 is 11.7 Å². The summed E-state index contributed by atoms with van der Waals surface area (Å²) in [6.45, 7) is 19.9. The van der Waals surface area contributed by atoms with Crippen LogP contribution in [-0.4, -0.2) is 41.7 Å². The van der Waals surface area contributed by atoms with Crippen LogP contribution < -0.4 is 5.32 Å². The number of alkyl halides is 2. The predicted molar refractivity (Wildman–Crippen MR) is 106 cm³/mol. The summed E-state index contributed by atoms with van der Waals surface area (Å²) < 4.78 is 25.5. The Bertz CT molecular complexity index is 660. The van der Waals surface area contributed by atoms with Gasteiger partial charge in [0.25, 0.3) is 5.91 Å². The van der Waals surface area contributed by atoms with Crippen molar-refractivity contribution in [1.82, 2.24) is 10.2 Å². The molecule has 4 nitrogen and oxygen atoms in total. The third-order valence-corrected chi connectivity index (χ3v) is 5.10. The molecule has 2 rings (SSSR count). The number of amidine groups is 1. The lowest BCUT2D eigenvalue weighted by molar-refractivity contribution is -0.132. The van der Waals surface area contributed by atoms with Crippen LogP contribution in [0.15, 0.2) is 16.3 Å². The summed E-state index contributed by atoms with van der Waals surface area (Å²) >= 11 is 0. The first-order chi connectivity index (χ1) is 12.0. The predicted octanol–water partition coefficient (Wildman–Crippen LogP) is 4.62. The summed E-state index contributed by atoms with van der Waals surface area (Å²) in [6, 6.07) is -0.312. The van der Waals surface area contributed by atoms with E-state index in [9.17, 15) is 13.6 Å². The molecule has 2 aliphatic heterocycles. The second kappa shape index (κ2) is 6.85. The van der Waals surface area contributed by atoms with Crippen LogP contribution in [0.25, 0.3) is 0 Å². The zero-order chi connectivity index (χ0) is 20.9. The summed E-state index contributed by atoms with van der Waals surface area (Å²) in [7, 11) is 0. The first-order valence-corrected chi connectivity index (χ1v) is 9.71. The normalized spacial score (nSPS) is 24.3. The van der Waals surface area contributed by atoms with Gasteiger partial charge in [0.15, 0.2) is 0 Å². The summed E-state index contributed by atoms with van der Waals surface area (Å²) in [5.74, 6) is -0.224. The lowest BCUT2D eigenvalue weighted by Crippen LogP contribution is -2.48. The molecule has 6 heteroatoms. The number of nitrogens with zero attached hydrogens (tertiary/aromatic N) is 2. The van der Waals surface area contributed by atoms with Crippen molar-refractivity contribution in [3.8, 4) is 0 Å². The molecule has 0 saturated carbocycles. The van der Waals surface area contributed by atoms with Crippen LogP contribution in [0.3, 0.4) is 0 Å². The standard InChI is InChI=1S/C21H35F2N3O/c1-19(2,3)14-13-10-12(24-17(27)16(22)23)11-26(13)18(21(7,8)9)25-15(14)20(4,5)6/h12,15-16H,10-11H2,1-9H3,(H,24,27). The fourth-order valence-corrected chi connectivity index (χ4v) is 4.05. The quantitative estimate of drug-likeness (QED) is 0.756. The Morgan fingerprint density at radius 1 is 1.07 bits per heavy atom. The molecule has 1 amide bonds. The molecule has 0 aromatic heterocycles. The smallest absolute Gasteiger partial charge is 0.315 e. The Labute approximate surface area is 162 Å². The van der Waals surface area contributed by atoms with Gasteiger partial charge in [0.2, 0.25) is 0 Å². The van der Waals surface area contributed by atoms with Gasteiger partial charge in [-0.1, -0.05) is 62.3 Å². The molecular formula is C21H35F2N3O. The van der Waals surface area contributed by atoms with Gasteiger partial charge in [-0.2, -0.15) is 8.78 Å². The number of carbonyl (C=O) groups excluding carboxylic acids is 1. The van der Waals surface area contributed by atoms with Crippen molar-refractivity contribution in [3.63, 3.8) is 0 Å². The number of rotatable bonds is 2. The van der Waals surface area contributed by atoms with E-state index in [4.69, 9.17) is 4.99 Å². The fourth-order valence-electron chi connectivity index (χ4n) is 4.05. The van der Waals surface area contributed by atoms with Crippen LogP contribution in [-0.2, 0) is 4.79 Å². The van der Waals surface area contributed by atoms with Gasteiger partial charge in [0, 0.05) is 24.1 Å². The highest BCUT2D eigenvalue weighted by atomic mass is 19.3. The molecule has 0 aromatic rings. The second-order valence-electron chi connectivity index (χ2n) is 10.9. The minimum atomic E-state index is -2.99. The molecule has 1 N–H and O–H groups in total. The number of hydrogen-bond donors (Lipinski definition) is 1. The van der Waals surface area contributed by atoms with Crippen molar-refractivity contribution in [2.24, 2.45) is 21.2 Å². The number of fused-ring (bicyclic) bond motifs is 1. The number of amides is 1. The van der Waals surface area contributed by atoms with Gasteiger partial charge in [-0.3, -0.25) is 9.79 Å². The van der Waals surface area contributed by atoms with Crippen molar-refractivity contribution in [2.45, 2.75) is 87.2 Å². The molecule has 0 spiro atoms. The maximum Gasteiger partial charge on any atom is 0.315 e. The molecule has 154 valence electrons. The monoisotopic (exact) mass is 383 g/mol. The largest absolute Gasteiger partial charge is 0.346 e. The van der Waals surface area contributed by atoms with E-state index in [0.29, 0.717) is 13.0 Å². The number of halogens is 2. The van der Waals surface area contributed by atoms with Crippen LogP contribution in [0.4, 0.5) is 8.78 Å². The third-order valence-electron chi connectivity index (χ3n) is 5.10. The topological polar surface area (TPSA) is 44.7 Å². The van der Waals surface area contributed by atoms with Gasteiger partial charge < -0.3 is 10.2 Å². The first-order valence-electron chi connectivity index (χ1n) is 9.71. The number of aliphatic imine (C=N–C) groups is 1. The van der Waals surface area contributed by atoms with Crippen LogP contribution in [0.5, 0.6) is 0 Å². The Kier molecular flexibility index (Phi) is 5.54. The molecule has 2 unspecified atom stereocenters. The Balaban J connectivity index is 2.56. The molecular weight excluding hydrogens is 348 g/mol. The van der Waals surface area contributed by atoms with Crippen molar-refractivity contribution in [1.29, 1.82) is 0 Å². The van der Waals surface area contributed by atoms with Gasteiger partial charge in [-0.05, 0) is 16.4 Å². The lowest BCUT2D eigenvalue weighted by Gasteiger charge is -2.45. The highest BCUT2D eigenvalue weighted by Gasteiger charge is 2.46. The Morgan fingerprint density at radius 3 is 2.04 bits per heavy atom. The van der Waals surface area contributed by atoms with Gasteiger partial charge in [-0.25, -0.2) is 0 Å². The van der Waals surface area contributed by atoms with E-state index in [1.54, 1.807) is 0 Å². The Morgan fingerprint density at radius 2 is 1.63 bits per heavy atom. The zero-order valence-electron chi connectivity index (χ0n) is 18.2. The molecule has 0 bridgehead atoms. The summed E-state index contributed by atoms with van der Waals surface area (Å²) in [6.07, 6.45) is -2.43. The van der Waals surface area contributed by atoms with Crippen LogP contribution in [0, 0.1) is 16.2 Å². The highest BCUT2D eigenvalue weighted by molar-refractivity contribution is 5.91. The molecule has 1 fully saturated rings. The number of carbonyl (C=O) groups is 1. The van der Waals surface area contributed by atoms with Gasteiger partial charge >= 0.3 is 6.43 Å². The van der Waals surface area contributed by atoms with Crippen LogP contribution in [0.2, 0.25) is 0 Å². The molecule has 1 saturated heterocycles. The molecule has 0 aromatic carbocycles. The summed E-state index contributed by atoms with van der Waals surface area (Å²) in [4.78, 5) is 18.9. The second-order valence-corrected chi connectivity index (χ2v) is 10.9. The van der Waals surface area contributed by atoms with Crippen LogP contribution >= 0.6 is 0 Å². The number of hydrogen-bond acceptors (Lipinski definition) is 3. The van der Waals surface area contributed by atoms with E-state index in [2.05, 4.69) is 72.5 Å². The summed E-state index contributed by atoms with van der Waals surface area (Å²) in [5, 5.41) is 2.51. The fraction of sp³-hybridized carbons (Fsp3) is 0.810. The maximum atomic E-state index is 12.7. The average Bonchev–Trinajstić information content (AvgIpc) is 2.84. The summed E-state index contributed by atoms with van der Waals surface area (Å²) in [5.41, 5.74) is 2.03. The highest BCUT2D eigenvalue weighted by Crippen LogP contribution is 2.47. The van der Waals surface area contributed by atoms with Gasteiger partial charge in [-0.15, -0.1) is 0 Å². The van der Waals surface area contributed by atoms with Crippen molar-refractivity contribution in [2.75, 3.05) is 6.54 Å². The Hall–Kier alpha value is -1.46. The zero-order valence-corrected chi connectivity index (χ0v) is 18.2. The SMILES string of the molecule is CC(C)(C)C1=NC(C(C)(C)C)C(C(C)(C)C)=C2CC(NC(=O)C(F)F)CN12. The van der Waals surface area contributed by atoms with E-state index in [-0.39, 0.29) is 28.3 Å². The average molecular weight is 384 g/mol. The van der Waals surface area contributed by atoms with E-state index in [0.717, 1.165) is 11.5 Å². The lowest BCUT2D eigenvalue weighted by atomic mass is 9.70.